The maximum atomic E-state index is 13.5. The Morgan fingerprint density at radius 1 is 1.00 bits per heavy atom. The SMILES string of the molecule is Cc1cc(NC(=O)CN2CCN(C(=O)c3cc(-c4ccccn4)nc4ccccc34)CC2)no1. The quantitative estimate of drug-likeness (QED) is 0.492. The fourth-order valence-corrected chi connectivity index (χ4v) is 4.09. The van der Waals surface area contributed by atoms with Gasteiger partial charge >= 0.3 is 0 Å². The molecule has 0 unspecified atom stereocenters. The highest BCUT2D eigenvalue weighted by Crippen LogP contribution is 2.25. The highest BCUT2D eigenvalue weighted by atomic mass is 16.5. The summed E-state index contributed by atoms with van der Waals surface area (Å²) in [5, 5.41) is 7.33. The zero-order valence-electron chi connectivity index (χ0n) is 18.8. The molecular weight excluding hydrogens is 432 g/mol. The second-order valence-corrected chi connectivity index (χ2v) is 8.23. The monoisotopic (exact) mass is 456 g/mol. The van der Waals surface area contributed by atoms with Crippen LogP contribution in [0, 0.1) is 6.92 Å². The van der Waals surface area contributed by atoms with Gasteiger partial charge in [-0.25, -0.2) is 4.98 Å². The first-order valence-corrected chi connectivity index (χ1v) is 11.1. The number of benzene rings is 1. The highest BCUT2D eigenvalue weighted by Gasteiger charge is 2.25. The summed E-state index contributed by atoms with van der Waals surface area (Å²) >= 11 is 0. The fraction of sp³-hybridized carbons (Fsp3) is 0.240. The van der Waals surface area contributed by atoms with Gasteiger partial charge in [0.1, 0.15) is 5.76 Å². The Balaban J connectivity index is 1.29. The van der Waals surface area contributed by atoms with E-state index in [1.165, 1.54) is 0 Å². The third kappa shape index (κ3) is 4.65. The molecule has 34 heavy (non-hydrogen) atoms. The maximum Gasteiger partial charge on any atom is 0.254 e. The van der Waals surface area contributed by atoms with Crippen LogP contribution in [0.3, 0.4) is 0 Å². The lowest BCUT2D eigenvalue weighted by Crippen LogP contribution is -2.50. The van der Waals surface area contributed by atoms with Gasteiger partial charge in [0.25, 0.3) is 5.91 Å². The summed E-state index contributed by atoms with van der Waals surface area (Å²) in [6.45, 7) is 4.27. The van der Waals surface area contributed by atoms with Gasteiger partial charge in [0.05, 0.1) is 29.0 Å². The smallest absolute Gasteiger partial charge is 0.254 e. The van der Waals surface area contributed by atoms with E-state index in [1.807, 2.05) is 58.3 Å². The molecule has 0 spiro atoms. The molecule has 9 nitrogen and oxygen atoms in total. The van der Waals surface area contributed by atoms with E-state index >= 15 is 0 Å². The molecule has 0 radical (unpaired) electrons. The normalized spacial score (nSPS) is 14.3. The van der Waals surface area contributed by atoms with Crippen molar-refractivity contribution in [3.63, 3.8) is 0 Å². The Labute approximate surface area is 196 Å². The van der Waals surface area contributed by atoms with Crippen LogP contribution >= 0.6 is 0 Å². The summed E-state index contributed by atoms with van der Waals surface area (Å²) in [5.41, 5.74) is 2.76. The number of carbonyl (C=O) groups is 2. The molecule has 1 N–H and O–H groups in total. The Morgan fingerprint density at radius 2 is 1.79 bits per heavy atom. The van der Waals surface area contributed by atoms with Gasteiger partial charge in [-0.2, -0.15) is 0 Å². The molecule has 2 amide bonds. The van der Waals surface area contributed by atoms with E-state index in [4.69, 9.17) is 9.51 Å². The van der Waals surface area contributed by atoms with E-state index in [0.29, 0.717) is 49.0 Å². The number of carbonyl (C=O) groups excluding carboxylic acids is 2. The predicted molar refractivity (Wildman–Crippen MR) is 127 cm³/mol. The van der Waals surface area contributed by atoms with Gasteiger partial charge in [0.15, 0.2) is 5.82 Å². The zero-order chi connectivity index (χ0) is 23.5. The number of anilines is 1. The molecule has 5 rings (SSSR count). The number of rotatable bonds is 5. The number of piperazine rings is 1. The molecule has 1 fully saturated rings. The minimum atomic E-state index is -0.159. The Hall–Kier alpha value is -4.11. The first kappa shape index (κ1) is 21.7. The van der Waals surface area contributed by atoms with Crippen LogP contribution in [0.1, 0.15) is 16.1 Å². The molecule has 0 atom stereocenters. The molecule has 0 bridgehead atoms. The number of nitrogens with zero attached hydrogens (tertiary/aromatic N) is 5. The molecular formula is C25H24N6O3. The van der Waals surface area contributed by atoms with Crippen LogP contribution in [-0.2, 0) is 4.79 Å². The van der Waals surface area contributed by atoms with Gasteiger partial charge in [-0.05, 0) is 31.2 Å². The zero-order valence-corrected chi connectivity index (χ0v) is 18.8. The van der Waals surface area contributed by atoms with E-state index in [2.05, 4.69) is 15.5 Å². The summed E-state index contributed by atoms with van der Waals surface area (Å²) in [6.07, 6.45) is 1.72. The fourth-order valence-electron chi connectivity index (χ4n) is 4.09. The average Bonchev–Trinajstić information content (AvgIpc) is 3.28. The highest BCUT2D eigenvalue weighted by molar-refractivity contribution is 6.07. The van der Waals surface area contributed by atoms with Gasteiger partial charge in [0.2, 0.25) is 5.91 Å². The average molecular weight is 457 g/mol. The van der Waals surface area contributed by atoms with Gasteiger partial charge in [-0.3, -0.25) is 19.5 Å². The Bertz CT molecular complexity index is 1330. The van der Waals surface area contributed by atoms with E-state index in [0.717, 1.165) is 16.6 Å². The summed E-state index contributed by atoms with van der Waals surface area (Å²) in [4.78, 5) is 38.8. The number of amides is 2. The summed E-state index contributed by atoms with van der Waals surface area (Å²) in [7, 11) is 0. The van der Waals surface area contributed by atoms with Crippen LogP contribution in [-0.4, -0.2) is 69.5 Å². The molecule has 0 aliphatic carbocycles. The van der Waals surface area contributed by atoms with E-state index < -0.39 is 0 Å². The summed E-state index contributed by atoms with van der Waals surface area (Å²) < 4.78 is 4.97. The van der Waals surface area contributed by atoms with Crippen molar-refractivity contribution in [2.24, 2.45) is 0 Å². The van der Waals surface area contributed by atoms with Gasteiger partial charge in [-0.1, -0.05) is 29.4 Å². The summed E-state index contributed by atoms with van der Waals surface area (Å²) in [5.74, 6) is 0.841. The topological polar surface area (TPSA) is 104 Å². The van der Waals surface area contributed by atoms with Crippen molar-refractivity contribution in [2.45, 2.75) is 6.92 Å². The number of hydrogen-bond acceptors (Lipinski definition) is 7. The number of aromatic nitrogens is 3. The number of pyridine rings is 2. The lowest BCUT2D eigenvalue weighted by atomic mass is 10.0. The standard InChI is InChI=1S/C25H24N6O3/c1-17-14-23(29-34-17)28-24(32)16-30-10-12-31(13-11-30)25(33)19-15-22(21-8-4-5-9-26-21)27-20-7-3-2-6-18(19)20/h2-9,14-15H,10-13,16H2,1H3,(H,28,29,32). The Kier molecular flexibility index (Phi) is 6.01. The van der Waals surface area contributed by atoms with Crippen molar-refractivity contribution in [3.05, 3.63) is 72.1 Å². The van der Waals surface area contributed by atoms with Crippen LogP contribution in [0.15, 0.2) is 65.3 Å². The van der Waals surface area contributed by atoms with Gasteiger partial charge in [0, 0.05) is 43.8 Å². The van der Waals surface area contributed by atoms with Crippen LogP contribution in [0.25, 0.3) is 22.3 Å². The van der Waals surface area contributed by atoms with E-state index in [9.17, 15) is 9.59 Å². The first-order chi connectivity index (χ1) is 16.6. The second kappa shape index (κ2) is 9.40. The molecule has 3 aromatic heterocycles. The first-order valence-electron chi connectivity index (χ1n) is 11.1. The lowest BCUT2D eigenvalue weighted by Gasteiger charge is -2.34. The van der Waals surface area contributed by atoms with Crippen LogP contribution < -0.4 is 5.32 Å². The van der Waals surface area contributed by atoms with Crippen molar-refractivity contribution in [1.29, 1.82) is 0 Å². The minimum Gasteiger partial charge on any atom is -0.360 e. The van der Waals surface area contributed by atoms with Crippen molar-refractivity contribution >= 4 is 28.5 Å². The molecule has 1 aliphatic rings. The molecule has 1 aromatic carbocycles. The third-order valence-corrected chi connectivity index (χ3v) is 5.80. The molecule has 1 saturated heterocycles. The van der Waals surface area contributed by atoms with E-state index in [-0.39, 0.29) is 18.4 Å². The molecule has 9 heteroatoms. The van der Waals surface area contributed by atoms with Crippen molar-refractivity contribution in [2.75, 3.05) is 38.0 Å². The molecule has 4 heterocycles. The molecule has 4 aromatic rings. The molecule has 1 aliphatic heterocycles. The third-order valence-electron chi connectivity index (χ3n) is 5.80. The van der Waals surface area contributed by atoms with Gasteiger partial charge in [-0.15, -0.1) is 0 Å². The van der Waals surface area contributed by atoms with E-state index in [1.54, 1.807) is 19.2 Å². The van der Waals surface area contributed by atoms with Crippen molar-refractivity contribution in [3.8, 4) is 11.4 Å². The Morgan fingerprint density at radius 3 is 2.53 bits per heavy atom. The summed E-state index contributed by atoms with van der Waals surface area (Å²) in [6, 6.07) is 16.8. The number of aryl methyl sites for hydroxylation is 1. The minimum absolute atomic E-state index is 0.0436. The number of para-hydroxylation sites is 1. The maximum absolute atomic E-state index is 13.5. The van der Waals surface area contributed by atoms with Crippen molar-refractivity contribution < 1.29 is 14.1 Å². The number of hydrogen-bond donors (Lipinski definition) is 1. The molecule has 0 saturated carbocycles. The number of fused-ring (bicyclic) bond motifs is 1. The van der Waals surface area contributed by atoms with Crippen LogP contribution in [0.5, 0.6) is 0 Å². The van der Waals surface area contributed by atoms with Crippen LogP contribution in [0.4, 0.5) is 5.82 Å². The number of nitrogens with one attached hydrogen (secondary N) is 1. The largest absolute Gasteiger partial charge is 0.360 e. The second-order valence-electron chi connectivity index (χ2n) is 8.23. The van der Waals surface area contributed by atoms with Gasteiger partial charge < -0.3 is 14.7 Å². The van der Waals surface area contributed by atoms with Crippen molar-refractivity contribution in [1.82, 2.24) is 24.9 Å². The molecule has 172 valence electrons. The lowest BCUT2D eigenvalue weighted by molar-refractivity contribution is -0.117. The predicted octanol–water partition coefficient (Wildman–Crippen LogP) is 2.99. The van der Waals surface area contributed by atoms with Crippen LogP contribution in [0.2, 0.25) is 0 Å².